The first-order chi connectivity index (χ1) is 11.8. The maximum Gasteiger partial charge on any atom is 0.264 e. The molecule has 0 spiro atoms. The van der Waals surface area contributed by atoms with Gasteiger partial charge in [-0.1, -0.05) is 42.5 Å². The Morgan fingerprint density at radius 2 is 1.79 bits per heavy atom. The number of rotatable bonds is 6. The van der Waals surface area contributed by atoms with Crippen molar-refractivity contribution in [3.05, 3.63) is 54.6 Å². The molecule has 1 aromatic heterocycles. The number of nitrogens with one attached hydrogen (secondary N) is 1. The summed E-state index contributed by atoms with van der Waals surface area (Å²) in [6, 6.07) is 16.7. The molecule has 0 saturated carbocycles. The summed E-state index contributed by atoms with van der Waals surface area (Å²) in [5, 5.41) is 3.11. The SMILES string of the molecule is COc1ccccc1OCC(=O)Nc1nc(-c2ccccc2)ns1. The van der Waals surface area contributed by atoms with Crippen molar-refractivity contribution in [2.75, 3.05) is 19.0 Å². The average molecular weight is 341 g/mol. The maximum absolute atomic E-state index is 12.0. The highest BCUT2D eigenvalue weighted by Crippen LogP contribution is 2.26. The van der Waals surface area contributed by atoms with Crippen LogP contribution in [0.4, 0.5) is 5.13 Å². The molecular weight excluding hydrogens is 326 g/mol. The molecule has 1 amide bonds. The first-order valence-electron chi connectivity index (χ1n) is 7.21. The second-order valence-corrected chi connectivity index (χ2v) is 5.53. The number of amides is 1. The van der Waals surface area contributed by atoms with Crippen LogP contribution >= 0.6 is 11.5 Å². The topological polar surface area (TPSA) is 73.3 Å². The molecule has 6 nitrogen and oxygen atoms in total. The van der Waals surface area contributed by atoms with Gasteiger partial charge in [-0.25, -0.2) is 0 Å². The summed E-state index contributed by atoms with van der Waals surface area (Å²) < 4.78 is 14.9. The second-order valence-electron chi connectivity index (χ2n) is 4.78. The van der Waals surface area contributed by atoms with E-state index < -0.39 is 0 Å². The summed E-state index contributed by atoms with van der Waals surface area (Å²) in [5.74, 6) is 1.36. The minimum atomic E-state index is -0.309. The van der Waals surface area contributed by atoms with Crippen molar-refractivity contribution in [3.8, 4) is 22.9 Å². The van der Waals surface area contributed by atoms with Crippen molar-refractivity contribution < 1.29 is 14.3 Å². The number of ether oxygens (including phenoxy) is 2. The van der Waals surface area contributed by atoms with Crippen LogP contribution in [0.5, 0.6) is 11.5 Å². The summed E-state index contributed by atoms with van der Waals surface area (Å²) in [6.07, 6.45) is 0. The third kappa shape index (κ3) is 3.88. The van der Waals surface area contributed by atoms with Crippen LogP contribution in [0.1, 0.15) is 0 Å². The molecule has 24 heavy (non-hydrogen) atoms. The van der Waals surface area contributed by atoms with Gasteiger partial charge in [0, 0.05) is 17.1 Å². The molecular formula is C17H15N3O3S. The lowest BCUT2D eigenvalue weighted by Gasteiger charge is -2.09. The van der Waals surface area contributed by atoms with Gasteiger partial charge in [-0.2, -0.15) is 9.36 Å². The minimum Gasteiger partial charge on any atom is -0.493 e. The Labute approximate surface area is 143 Å². The third-order valence-corrected chi connectivity index (χ3v) is 3.76. The number of nitrogens with zero attached hydrogens (tertiary/aromatic N) is 2. The van der Waals surface area contributed by atoms with Gasteiger partial charge in [0.25, 0.3) is 5.91 Å². The number of anilines is 1. The fourth-order valence-electron chi connectivity index (χ4n) is 2.02. The number of hydrogen-bond acceptors (Lipinski definition) is 6. The molecule has 0 atom stereocenters. The number of aromatic nitrogens is 2. The van der Waals surface area contributed by atoms with Crippen LogP contribution in [-0.2, 0) is 4.79 Å². The Morgan fingerprint density at radius 3 is 2.54 bits per heavy atom. The van der Waals surface area contributed by atoms with Crippen molar-refractivity contribution in [3.63, 3.8) is 0 Å². The van der Waals surface area contributed by atoms with Gasteiger partial charge < -0.3 is 9.47 Å². The first kappa shape index (κ1) is 15.9. The number of para-hydroxylation sites is 2. The van der Waals surface area contributed by atoms with Crippen molar-refractivity contribution in [1.29, 1.82) is 0 Å². The Hall–Kier alpha value is -2.93. The molecule has 0 bridgehead atoms. The highest BCUT2D eigenvalue weighted by molar-refractivity contribution is 7.10. The predicted octanol–water partition coefficient (Wildman–Crippen LogP) is 3.23. The second kappa shape index (κ2) is 7.56. The minimum absolute atomic E-state index is 0.138. The zero-order chi connectivity index (χ0) is 16.8. The molecule has 0 unspecified atom stereocenters. The van der Waals surface area contributed by atoms with Gasteiger partial charge in [-0.15, -0.1) is 0 Å². The summed E-state index contributed by atoms with van der Waals surface area (Å²) >= 11 is 1.13. The zero-order valence-electron chi connectivity index (χ0n) is 12.9. The molecule has 0 aliphatic heterocycles. The fraction of sp³-hybridized carbons (Fsp3) is 0.118. The van der Waals surface area contributed by atoms with Gasteiger partial charge in [0.1, 0.15) is 0 Å². The number of methoxy groups -OCH3 is 1. The highest BCUT2D eigenvalue weighted by atomic mass is 32.1. The molecule has 0 fully saturated rings. The van der Waals surface area contributed by atoms with Gasteiger partial charge in [-0.3, -0.25) is 10.1 Å². The normalized spacial score (nSPS) is 10.2. The highest BCUT2D eigenvalue weighted by Gasteiger charge is 2.11. The largest absolute Gasteiger partial charge is 0.493 e. The van der Waals surface area contributed by atoms with Crippen LogP contribution in [0, 0.1) is 0 Å². The number of carbonyl (C=O) groups is 1. The van der Waals surface area contributed by atoms with E-state index >= 15 is 0 Å². The van der Waals surface area contributed by atoms with E-state index in [2.05, 4.69) is 14.7 Å². The van der Waals surface area contributed by atoms with E-state index in [-0.39, 0.29) is 12.5 Å². The van der Waals surface area contributed by atoms with E-state index in [1.165, 1.54) is 0 Å². The van der Waals surface area contributed by atoms with Crippen LogP contribution in [-0.4, -0.2) is 29.0 Å². The molecule has 1 N–H and O–H groups in total. The Bertz CT molecular complexity index is 821. The third-order valence-electron chi connectivity index (χ3n) is 3.13. The molecule has 1 heterocycles. The quantitative estimate of drug-likeness (QED) is 0.745. The van der Waals surface area contributed by atoms with E-state index in [9.17, 15) is 4.79 Å². The number of carbonyl (C=O) groups excluding carboxylic acids is 1. The molecule has 2 aromatic carbocycles. The van der Waals surface area contributed by atoms with E-state index in [4.69, 9.17) is 9.47 Å². The van der Waals surface area contributed by atoms with E-state index in [0.29, 0.717) is 22.5 Å². The molecule has 0 radical (unpaired) electrons. The molecule has 3 rings (SSSR count). The molecule has 7 heteroatoms. The molecule has 0 aliphatic rings. The standard InChI is InChI=1S/C17H15N3O3S/c1-22-13-9-5-6-10-14(13)23-11-15(21)18-17-19-16(20-24-17)12-7-3-2-4-8-12/h2-10H,11H2,1H3,(H,18,19,20,21). The molecule has 0 aliphatic carbocycles. The van der Waals surface area contributed by atoms with Crippen LogP contribution in [0.15, 0.2) is 54.6 Å². The lowest BCUT2D eigenvalue weighted by molar-refractivity contribution is -0.118. The molecule has 122 valence electrons. The van der Waals surface area contributed by atoms with Gasteiger partial charge in [0.15, 0.2) is 23.9 Å². The van der Waals surface area contributed by atoms with E-state index in [1.54, 1.807) is 19.2 Å². The van der Waals surface area contributed by atoms with Crippen molar-refractivity contribution in [1.82, 2.24) is 9.36 Å². The Morgan fingerprint density at radius 1 is 1.08 bits per heavy atom. The number of hydrogen-bond donors (Lipinski definition) is 1. The number of benzene rings is 2. The van der Waals surface area contributed by atoms with Gasteiger partial charge >= 0.3 is 0 Å². The summed E-state index contributed by atoms with van der Waals surface area (Å²) in [6.45, 7) is -0.138. The van der Waals surface area contributed by atoms with Crippen molar-refractivity contribution >= 4 is 22.6 Å². The summed E-state index contributed by atoms with van der Waals surface area (Å²) in [5.41, 5.74) is 0.902. The monoisotopic (exact) mass is 341 g/mol. The Kier molecular flexibility index (Phi) is 5.02. The van der Waals surface area contributed by atoms with Crippen molar-refractivity contribution in [2.24, 2.45) is 0 Å². The predicted molar refractivity (Wildman–Crippen MR) is 92.5 cm³/mol. The lowest BCUT2D eigenvalue weighted by atomic mass is 10.2. The fourth-order valence-corrected chi connectivity index (χ4v) is 2.62. The lowest BCUT2D eigenvalue weighted by Crippen LogP contribution is -2.20. The molecule has 3 aromatic rings. The first-order valence-corrected chi connectivity index (χ1v) is 7.98. The summed E-state index contributed by atoms with van der Waals surface area (Å²) in [4.78, 5) is 16.3. The van der Waals surface area contributed by atoms with Crippen LogP contribution in [0.2, 0.25) is 0 Å². The van der Waals surface area contributed by atoms with E-state index in [0.717, 1.165) is 17.1 Å². The Balaban J connectivity index is 1.58. The van der Waals surface area contributed by atoms with Crippen LogP contribution < -0.4 is 14.8 Å². The summed E-state index contributed by atoms with van der Waals surface area (Å²) in [7, 11) is 1.55. The maximum atomic E-state index is 12.0. The van der Waals surface area contributed by atoms with Gasteiger partial charge in [0.2, 0.25) is 5.13 Å². The average Bonchev–Trinajstić information content (AvgIpc) is 3.09. The molecule has 0 saturated heterocycles. The van der Waals surface area contributed by atoms with Crippen molar-refractivity contribution in [2.45, 2.75) is 0 Å². The van der Waals surface area contributed by atoms with Crippen LogP contribution in [0.25, 0.3) is 11.4 Å². The van der Waals surface area contributed by atoms with Crippen LogP contribution in [0.3, 0.4) is 0 Å². The van der Waals surface area contributed by atoms with E-state index in [1.807, 2.05) is 42.5 Å². The zero-order valence-corrected chi connectivity index (χ0v) is 13.7. The smallest absolute Gasteiger partial charge is 0.264 e. The van der Waals surface area contributed by atoms with Gasteiger partial charge in [0.05, 0.1) is 7.11 Å². The van der Waals surface area contributed by atoms with Gasteiger partial charge in [-0.05, 0) is 12.1 Å².